The van der Waals surface area contributed by atoms with E-state index in [0.29, 0.717) is 17.2 Å². The summed E-state index contributed by atoms with van der Waals surface area (Å²) in [6, 6.07) is 10.2. The lowest BCUT2D eigenvalue weighted by Crippen LogP contribution is -2.07. The third-order valence-corrected chi connectivity index (χ3v) is 4.58. The van der Waals surface area contributed by atoms with E-state index in [0.717, 1.165) is 23.5 Å². The maximum atomic E-state index is 11.9. The molecular formula is C19H22N2O4S. The molecule has 1 aromatic heterocycles. The van der Waals surface area contributed by atoms with E-state index in [2.05, 4.69) is 12.2 Å². The molecule has 2 rings (SSSR count). The van der Waals surface area contributed by atoms with E-state index in [1.165, 1.54) is 31.4 Å². The number of nitrogens with one attached hydrogen (secondary N) is 1. The number of thiophene rings is 1. The second-order valence-corrected chi connectivity index (χ2v) is 6.78. The molecule has 7 heteroatoms. The first-order chi connectivity index (χ1) is 12.6. The van der Waals surface area contributed by atoms with Crippen molar-refractivity contribution < 1.29 is 14.5 Å². The molecule has 0 saturated heterocycles. The highest BCUT2D eigenvalue weighted by molar-refractivity contribution is 7.16. The Morgan fingerprint density at radius 1 is 1.19 bits per heavy atom. The number of anilines is 1. The Morgan fingerprint density at radius 3 is 2.62 bits per heavy atom. The predicted molar refractivity (Wildman–Crippen MR) is 105 cm³/mol. The van der Waals surface area contributed by atoms with Crippen LogP contribution in [0.5, 0.6) is 5.75 Å². The summed E-state index contributed by atoms with van der Waals surface area (Å²) in [6.07, 6.45) is 7.55. The molecule has 0 fully saturated rings. The van der Waals surface area contributed by atoms with E-state index in [1.54, 1.807) is 24.3 Å². The monoisotopic (exact) mass is 374 g/mol. The van der Waals surface area contributed by atoms with Crippen molar-refractivity contribution in [3.63, 3.8) is 0 Å². The highest BCUT2D eigenvalue weighted by Gasteiger charge is 2.08. The summed E-state index contributed by atoms with van der Waals surface area (Å²) in [6.45, 7) is 2.87. The predicted octanol–water partition coefficient (Wildman–Crippen LogP) is 5.27. The van der Waals surface area contributed by atoms with Gasteiger partial charge in [0.15, 0.2) is 0 Å². The van der Waals surface area contributed by atoms with E-state index in [-0.39, 0.29) is 10.9 Å². The lowest BCUT2D eigenvalue weighted by atomic mass is 10.2. The fourth-order valence-electron chi connectivity index (χ4n) is 2.23. The number of carbonyl (C=O) groups is 1. The van der Waals surface area contributed by atoms with Crippen LogP contribution >= 0.6 is 11.3 Å². The molecule has 1 amide bonds. The number of ether oxygens (including phenoxy) is 1. The quantitative estimate of drug-likeness (QED) is 0.266. The zero-order valence-electron chi connectivity index (χ0n) is 14.6. The molecular weight excluding hydrogens is 352 g/mol. The van der Waals surface area contributed by atoms with Crippen molar-refractivity contribution in [1.82, 2.24) is 0 Å². The van der Waals surface area contributed by atoms with Crippen LogP contribution in [0.3, 0.4) is 0 Å². The number of amides is 1. The highest BCUT2D eigenvalue weighted by Crippen LogP contribution is 2.24. The molecule has 0 aliphatic heterocycles. The van der Waals surface area contributed by atoms with Crippen LogP contribution in [-0.2, 0) is 4.79 Å². The topological polar surface area (TPSA) is 81.5 Å². The lowest BCUT2D eigenvalue weighted by molar-refractivity contribution is -0.380. The van der Waals surface area contributed by atoms with E-state index in [9.17, 15) is 14.9 Å². The SMILES string of the molecule is CCCCCCOc1ccc(NC(=O)/C=C/c2ccc([N+](=O)[O-])s2)cc1. The lowest BCUT2D eigenvalue weighted by Gasteiger charge is -2.07. The van der Waals surface area contributed by atoms with Crippen molar-refractivity contribution in [2.24, 2.45) is 0 Å². The zero-order chi connectivity index (χ0) is 18.8. The summed E-state index contributed by atoms with van der Waals surface area (Å²) in [5.74, 6) is 0.482. The van der Waals surface area contributed by atoms with Gasteiger partial charge in [0, 0.05) is 22.7 Å². The van der Waals surface area contributed by atoms with Crippen molar-refractivity contribution in [2.45, 2.75) is 32.6 Å². The normalized spacial score (nSPS) is 10.8. The van der Waals surface area contributed by atoms with Gasteiger partial charge in [0.05, 0.1) is 11.5 Å². The van der Waals surface area contributed by atoms with Crippen LogP contribution in [0.25, 0.3) is 6.08 Å². The first-order valence-electron chi connectivity index (χ1n) is 8.54. The Hall–Kier alpha value is -2.67. The molecule has 0 aliphatic carbocycles. The van der Waals surface area contributed by atoms with Crippen molar-refractivity contribution in [1.29, 1.82) is 0 Å². The first kappa shape index (κ1) is 19.7. The van der Waals surface area contributed by atoms with Gasteiger partial charge < -0.3 is 10.1 Å². The summed E-state index contributed by atoms with van der Waals surface area (Å²) in [7, 11) is 0. The third kappa shape index (κ3) is 6.68. The summed E-state index contributed by atoms with van der Waals surface area (Å²) < 4.78 is 5.66. The maximum Gasteiger partial charge on any atom is 0.324 e. The molecule has 26 heavy (non-hydrogen) atoms. The molecule has 138 valence electrons. The van der Waals surface area contributed by atoms with Gasteiger partial charge in [0.2, 0.25) is 5.91 Å². The van der Waals surface area contributed by atoms with Crippen molar-refractivity contribution >= 4 is 34.0 Å². The minimum atomic E-state index is -0.449. The van der Waals surface area contributed by atoms with Crippen LogP contribution in [0.2, 0.25) is 0 Å². The van der Waals surface area contributed by atoms with Crippen LogP contribution in [-0.4, -0.2) is 17.4 Å². The molecule has 6 nitrogen and oxygen atoms in total. The molecule has 0 atom stereocenters. The van der Waals surface area contributed by atoms with Crippen molar-refractivity contribution in [2.75, 3.05) is 11.9 Å². The number of unbranched alkanes of at least 4 members (excludes halogenated alkanes) is 3. The van der Waals surface area contributed by atoms with Crippen molar-refractivity contribution in [3.05, 3.63) is 57.5 Å². The number of benzene rings is 1. The molecule has 0 saturated carbocycles. The van der Waals surface area contributed by atoms with Gasteiger partial charge in [-0.25, -0.2) is 0 Å². The van der Waals surface area contributed by atoms with Gasteiger partial charge in [-0.05, 0) is 42.8 Å². The molecule has 2 aromatic rings. The number of rotatable bonds is 10. The Bertz CT molecular complexity index is 753. The van der Waals surface area contributed by atoms with Crippen LogP contribution in [0.1, 0.15) is 37.5 Å². The van der Waals surface area contributed by atoms with Crippen LogP contribution in [0.15, 0.2) is 42.5 Å². The van der Waals surface area contributed by atoms with Crippen LogP contribution < -0.4 is 10.1 Å². The average Bonchev–Trinajstić information content (AvgIpc) is 3.11. The Balaban J connectivity index is 1.79. The van der Waals surface area contributed by atoms with Gasteiger partial charge >= 0.3 is 5.00 Å². The van der Waals surface area contributed by atoms with Gasteiger partial charge in [-0.2, -0.15) is 0 Å². The maximum absolute atomic E-state index is 11.9. The van der Waals surface area contributed by atoms with Gasteiger partial charge in [-0.3, -0.25) is 14.9 Å². The largest absolute Gasteiger partial charge is 0.494 e. The second kappa shape index (κ2) is 10.4. The molecule has 0 bridgehead atoms. The minimum absolute atomic E-state index is 0.0512. The molecule has 0 unspecified atom stereocenters. The van der Waals surface area contributed by atoms with Crippen LogP contribution in [0.4, 0.5) is 10.7 Å². The first-order valence-corrected chi connectivity index (χ1v) is 9.36. The fraction of sp³-hybridized carbons (Fsp3) is 0.316. The summed E-state index contributed by atoms with van der Waals surface area (Å²) in [5, 5.41) is 13.4. The van der Waals surface area contributed by atoms with E-state index < -0.39 is 4.92 Å². The van der Waals surface area contributed by atoms with Crippen molar-refractivity contribution in [3.8, 4) is 5.75 Å². The molecule has 1 aromatic carbocycles. The minimum Gasteiger partial charge on any atom is -0.494 e. The van der Waals surface area contributed by atoms with E-state index in [1.807, 2.05) is 12.1 Å². The number of carbonyl (C=O) groups excluding carboxylic acids is 1. The Kier molecular flexibility index (Phi) is 7.82. The zero-order valence-corrected chi connectivity index (χ0v) is 15.5. The number of nitro groups is 1. The molecule has 0 spiro atoms. The van der Waals surface area contributed by atoms with Gasteiger partial charge in [0.1, 0.15) is 5.75 Å². The molecule has 1 heterocycles. The number of hydrogen-bond acceptors (Lipinski definition) is 5. The summed E-state index contributed by atoms with van der Waals surface area (Å²) in [4.78, 5) is 22.8. The third-order valence-electron chi connectivity index (χ3n) is 3.58. The van der Waals surface area contributed by atoms with Gasteiger partial charge in [-0.15, -0.1) is 0 Å². The highest BCUT2D eigenvalue weighted by atomic mass is 32.1. The van der Waals surface area contributed by atoms with Crippen LogP contribution in [0, 0.1) is 10.1 Å². The second-order valence-electron chi connectivity index (χ2n) is 5.69. The van der Waals surface area contributed by atoms with Gasteiger partial charge in [-0.1, -0.05) is 37.5 Å². The summed E-state index contributed by atoms with van der Waals surface area (Å²) in [5.41, 5.74) is 0.662. The molecule has 0 aliphatic rings. The number of hydrogen-bond donors (Lipinski definition) is 1. The molecule has 1 N–H and O–H groups in total. The van der Waals surface area contributed by atoms with Gasteiger partial charge in [0.25, 0.3) is 0 Å². The number of nitrogens with zero attached hydrogens (tertiary/aromatic N) is 1. The van der Waals surface area contributed by atoms with E-state index >= 15 is 0 Å². The van der Waals surface area contributed by atoms with E-state index in [4.69, 9.17) is 4.74 Å². The summed E-state index contributed by atoms with van der Waals surface area (Å²) >= 11 is 1.02. The fourth-order valence-corrected chi connectivity index (χ4v) is 2.95. The Labute approximate surface area is 156 Å². The smallest absolute Gasteiger partial charge is 0.324 e. The molecule has 0 radical (unpaired) electrons. The standard InChI is InChI=1S/C19H22N2O4S/c1-2-3-4-5-14-25-16-8-6-15(7-9-16)20-18(22)12-10-17-11-13-19(26-17)21(23)24/h6-13H,2-5,14H2,1H3,(H,20,22)/b12-10+. The average molecular weight is 374 g/mol. The Morgan fingerprint density at radius 2 is 1.96 bits per heavy atom.